The van der Waals surface area contributed by atoms with Crippen molar-refractivity contribution in [1.82, 2.24) is 15.0 Å². The van der Waals surface area contributed by atoms with Crippen molar-refractivity contribution in [3.63, 3.8) is 0 Å². The van der Waals surface area contributed by atoms with Crippen LogP contribution in [0.4, 0.5) is 16.9 Å². The van der Waals surface area contributed by atoms with E-state index in [-0.39, 0.29) is 0 Å². The largest absolute Gasteiger partial charge is 0.370 e. The first-order valence-electron chi connectivity index (χ1n) is 8.39. The number of aryl methyl sites for hydroxylation is 2. The standard InChI is InChI=1S/C16H22N6S/c1-2-17-14-6-7-18-15(20-14)21-8-10-22(11-9-21)16-19-12-4-3-5-13(12)23-16/h6-7H,2-5,8-11H2,1H3,(H,17,18,20). The minimum Gasteiger partial charge on any atom is -0.370 e. The SMILES string of the molecule is CCNc1ccnc(N2CCN(c3nc4c(s3)CCC4)CC2)n1. The summed E-state index contributed by atoms with van der Waals surface area (Å²) in [6, 6.07) is 1.92. The van der Waals surface area contributed by atoms with Gasteiger partial charge in [0.15, 0.2) is 5.13 Å². The number of thiazole rings is 1. The summed E-state index contributed by atoms with van der Waals surface area (Å²) in [5, 5.41) is 4.45. The molecule has 1 fully saturated rings. The van der Waals surface area contributed by atoms with Gasteiger partial charge in [-0.15, -0.1) is 11.3 Å². The summed E-state index contributed by atoms with van der Waals surface area (Å²) in [5.41, 5.74) is 1.34. The molecule has 3 heterocycles. The van der Waals surface area contributed by atoms with Crippen LogP contribution in [0.25, 0.3) is 0 Å². The van der Waals surface area contributed by atoms with E-state index in [0.717, 1.165) is 50.9 Å². The summed E-state index contributed by atoms with van der Waals surface area (Å²) in [7, 11) is 0. The molecule has 2 aromatic heterocycles. The van der Waals surface area contributed by atoms with Crippen LogP contribution in [0.15, 0.2) is 12.3 Å². The zero-order valence-electron chi connectivity index (χ0n) is 13.5. The Morgan fingerprint density at radius 2 is 1.96 bits per heavy atom. The number of rotatable bonds is 4. The molecule has 2 aromatic rings. The molecule has 0 radical (unpaired) electrons. The van der Waals surface area contributed by atoms with Crippen molar-refractivity contribution >= 4 is 28.2 Å². The van der Waals surface area contributed by atoms with Gasteiger partial charge in [0.2, 0.25) is 5.95 Å². The third-order valence-corrected chi connectivity index (χ3v) is 5.64. The van der Waals surface area contributed by atoms with E-state index in [4.69, 9.17) is 4.98 Å². The van der Waals surface area contributed by atoms with Crippen LogP contribution in [0.5, 0.6) is 0 Å². The number of anilines is 3. The second-order valence-electron chi connectivity index (χ2n) is 5.97. The molecule has 0 spiro atoms. The fourth-order valence-electron chi connectivity index (χ4n) is 3.19. The van der Waals surface area contributed by atoms with Crippen LogP contribution in [0.3, 0.4) is 0 Å². The van der Waals surface area contributed by atoms with E-state index in [1.807, 2.05) is 23.6 Å². The zero-order chi connectivity index (χ0) is 15.6. The quantitative estimate of drug-likeness (QED) is 0.927. The first-order chi connectivity index (χ1) is 11.3. The molecule has 4 rings (SSSR count). The van der Waals surface area contributed by atoms with Gasteiger partial charge in [0.05, 0.1) is 5.69 Å². The highest BCUT2D eigenvalue weighted by molar-refractivity contribution is 7.15. The lowest BCUT2D eigenvalue weighted by atomic mass is 10.3. The molecule has 0 amide bonds. The molecule has 0 saturated carbocycles. The van der Waals surface area contributed by atoms with Gasteiger partial charge in [-0.25, -0.2) is 9.97 Å². The average molecular weight is 330 g/mol. The monoisotopic (exact) mass is 330 g/mol. The van der Waals surface area contributed by atoms with Gasteiger partial charge in [0.25, 0.3) is 0 Å². The highest BCUT2D eigenvalue weighted by atomic mass is 32.1. The molecule has 0 atom stereocenters. The number of nitrogens with one attached hydrogen (secondary N) is 1. The number of piperazine rings is 1. The van der Waals surface area contributed by atoms with Crippen LogP contribution in [0.2, 0.25) is 0 Å². The number of hydrogen-bond donors (Lipinski definition) is 1. The van der Waals surface area contributed by atoms with Crippen LogP contribution >= 0.6 is 11.3 Å². The fraction of sp³-hybridized carbons (Fsp3) is 0.562. The molecule has 2 aliphatic rings. The van der Waals surface area contributed by atoms with Gasteiger partial charge in [0, 0.05) is 43.8 Å². The van der Waals surface area contributed by atoms with Crippen molar-refractivity contribution in [1.29, 1.82) is 0 Å². The van der Waals surface area contributed by atoms with Gasteiger partial charge >= 0.3 is 0 Å². The molecule has 23 heavy (non-hydrogen) atoms. The highest BCUT2D eigenvalue weighted by Crippen LogP contribution is 2.33. The molecule has 1 N–H and O–H groups in total. The van der Waals surface area contributed by atoms with Gasteiger partial charge in [-0.3, -0.25) is 0 Å². The maximum absolute atomic E-state index is 4.84. The molecule has 122 valence electrons. The van der Waals surface area contributed by atoms with Gasteiger partial charge in [-0.05, 0) is 32.3 Å². The van der Waals surface area contributed by atoms with E-state index in [1.54, 1.807) is 0 Å². The molecule has 1 saturated heterocycles. The maximum atomic E-state index is 4.84. The van der Waals surface area contributed by atoms with Crippen molar-refractivity contribution < 1.29 is 0 Å². The number of hydrogen-bond acceptors (Lipinski definition) is 7. The van der Waals surface area contributed by atoms with Gasteiger partial charge in [-0.2, -0.15) is 4.98 Å². The van der Waals surface area contributed by atoms with Crippen LogP contribution in [0.1, 0.15) is 23.9 Å². The summed E-state index contributed by atoms with van der Waals surface area (Å²) in [5.74, 6) is 1.72. The zero-order valence-corrected chi connectivity index (χ0v) is 14.3. The minimum absolute atomic E-state index is 0.824. The van der Waals surface area contributed by atoms with Crippen LogP contribution in [0, 0.1) is 0 Å². The number of fused-ring (bicyclic) bond motifs is 1. The molecule has 0 aromatic carbocycles. The highest BCUT2D eigenvalue weighted by Gasteiger charge is 2.24. The van der Waals surface area contributed by atoms with Crippen LogP contribution in [-0.4, -0.2) is 47.7 Å². The van der Waals surface area contributed by atoms with Crippen molar-refractivity contribution in [3.05, 3.63) is 22.8 Å². The van der Waals surface area contributed by atoms with Gasteiger partial charge in [0.1, 0.15) is 5.82 Å². The third kappa shape index (κ3) is 2.97. The Morgan fingerprint density at radius 1 is 1.13 bits per heavy atom. The van der Waals surface area contributed by atoms with E-state index >= 15 is 0 Å². The van der Waals surface area contributed by atoms with Crippen molar-refractivity contribution in [3.8, 4) is 0 Å². The Bertz CT molecular complexity index is 655. The molecule has 0 bridgehead atoms. The third-order valence-electron chi connectivity index (χ3n) is 4.42. The number of nitrogens with zero attached hydrogens (tertiary/aromatic N) is 5. The van der Waals surface area contributed by atoms with E-state index < -0.39 is 0 Å². The van der Waals surface area contributed by atoms with E-state index in [0.29, 0.717) is 0 Å². The number of aromatic nitrogens is 3. The van der Waals surface area contributed by atoms with E-state index in [2.05, 4.69) is 32.0 Å². The van der Waals surface area contributed by atoms with E-state index in [1.165, 1.54) is 28.5 Å². The summed E-state index contributed by atoms with van der Waals surface area (Å²) < 4.78 is 0. The van der Waals surface area contributed by atoms with Crippen LogP contribution < -0.4 is 15.1 Å². The molecule has 1 aliphatic carbocycles. The van der Waals surface area contributed by atoms with Crippen molar-refractivity contribution in [2.45, 2.75) is 26.2 Å². The average Bonchev–Trinajstić information content (AvgIpc) is 3.17. The lowest BCUT2D eigenvalue weighted by Crippen LogP contribution is -2.47. The molecule has 1 aliphatic heterocycles. The molecular weight excluding hydrogens is 308 g/mol. The minimum atomic E-state index is 0.824. The Kier molecular flexibility index (Phi) is 4.03. The lowest BCUT2D eigenvalue weighted by molar-refractivity contribution is 0.638. The summed E-state index contributed by atoms with van der Waals surface area (Å²) in [6.07, 6.45) is 5.49. The molecular formula is C16H22N6S. The summed E-state index contributed by atoms with van der Waals surface area (Å²) in [4.78, 5) is 20.0. The Labute approximate surface area is 140 Å². The van der Waals surface area contributed by atoms with Gasteiger partial charge < -0.3 is 15.1 Å². The summed E-state index contributed by atoms with van der Waals surface area (Å²) in [6.45, 7) is 6.81. The maximum Gasteiger partial charge on any atom is 0.227 e. The van der Waals surface area contributed by atoms with Crippen molar-refractivity contribution in [2.24, 2.45) is 0 Å². The topological polar surface area (TPSA) is 57.2 Å². The molecule has 7 heteroatoms. The molecule has 0 unspecified atom stereocenters. The first-order valence-corrected chi connectivity index (χ1v) is 9.20. The predicted molar refractivity (Wildman–Crippen MR) is 94.8 cm³/mol. The smallest absolute Gasteiger partial charge is 0.227 e. The normalized spacial score (nSPS) is 17.4. The van der Waals surface area contributed by atoms with E-state index in [9.17, 15) is 0 Å². The second kappa shape index (κ2) is 6.31. The van der Waals surface area contributed by atoms with Crippen molar-refractivity contribution in [2.75, 3.05) is 47.8 Å². The second-order valence-corrected chi connectivity index (χ2v) is 7.03. The van der Waals surface area contributed by atoms with Gasteiger partial charge in [-0.1, -0.05) is 0 Å². The fourth-order valence-corrected chi connectivity index (χ4v) is 4.39. The predicted octanol–water partition coefficient (Wildman–Crippen LogP) is 2.18. The molecule has 6 nitrogen and oxygen atoms in total. The Morgan fingerprint density at radius 3 is 2.74 bits per heavy atom. The first kappa shape index (κ1) is 14.7. The Hall–Kier alpha value is -1.89. The lowest BCUT2D eigenvalue weighted by Gasteiger charge is -2.34. The Balaban J connectivity index is 1.41. The van der Waals surface area contributed by atoms with Crippen LogP contribution in [-0.2, 0) is 12.8 Å². The summed E-state index contributed by atoms with van der Waals surface area (Å²) >= 11 is 1.89.